The van der Waals surface area contributed by atoms with E-state index in [1.165, 1.54) is 5.69 Å². The van der Waals surface area contributed by atoms with E-state index in [0.717, 1.165) is 45.0 Å². The maximum Gasteiger partial charge on any atom is 0.0694 e. The molecule has 4 nitrogen and oxygen atoms in total. The fourth-order valence-electron chi connectivity index (χ4n) is 2.46. The standard InChI is InChI=1S/C15H25N3O/c1-4-6-16-11-13-10-14(5-7-17-13)18-8-9-19-12-15(18,2)3/h5,7,10,16H,4,6,8-9,11-12H2,1-3H3. The van der Waals surface area contributed by atoms with E-state index < -0.39 is 0 Å². The maximum absolute atomic E-state index is 5.58. The molecule has 4 heteroatoms. The molecule has 2 heterocycles. The Bertz CT molecular complexity index is 406. The highest BCUT2D eigenvalue weighted by Gasteiger charge is 2.30. The van der Waals surface area contributed by atoms with Crippen LogP contribution in [0.4, 0.5) is 5.69 Å². The number of morpholine rings is 1. The number of rotatable bonds is 5. The number of anilines is 1. The first-order valence-corrected chi connectivity index (χ1v) is 7.14. The summed E-state index contributed by atoms with van der Waals surface area (Å²) in [5.41, 5.74) is 2.40. The van der Waals surface area contributed by atoms with Gasteiger partial charge in [0.1, 0.15) is 0 Å². The Labute approximate surface area is 116 Å². The molecule has 1 fully saturated rings. The molecule has 0 aliphatic carbocycles. The SMILES string of the molecule is CCCNCc1cc(N2CCOCC2(C)C)ccn1. The third-order valence-corrected chi connectivity index (χ3v) is 3.49. The molecule has 1 N–H and O–H groups in total. The lowest BCUT2D eigenvalue weighted by molar-refractivity contribution is 0.0644. The quantitative estimate of drug-likeness (QED) is 0.826. The maximum atomic E-state index is 5.58. The van der Waals surface area contributed by atoms with Gasteiger partial charge in [0.2, 0.25) is 0 Å². The molecule has 0 aromatic carbocycles. The summed E-state index contributed by atoms with van der Waals surface area (Å²) >= 11 is 0. The molecule has 1 aromatic heterocycles. The van der Waals surface area contributed by atoms with Crippen molar-refractivity contribution in [3.8, 4) is 0 Å². The van der Waals surface area contributed by atoms with Crippen molar-refractivity contribution in [2.45, 2.75) is 39.3 Å². The normalized spacial score (nSPS) is 18.6. The number of ether oxygens (including phenoxy) is 1. The van der Waals surface area contributed by atoms with Gasteiger partial charge in [0.15, 0.2) is 0 Å². The molecular weight excluding hydrogens is 238 g/mol. The van der Waals surface area contributed by atoms with Crippen LogP contribution in [0.5, 0.6) is 0 Å². The number of hydrogen-bond donors (Lipinski definition) is 1. The molecule has 0 amide bonds. The zero-order valence-corrected chi connectivity index (χ0v) is 12.3. The molecule has 0 spiro atoms. The minimum Gasteiger partial charge on any atom is -0.377 e. The van der Waals surface area contributed by atoms with E-state index in [4.69, 9.17) is 4.74 Å². The van der Waals surface area contributed by atoms with Crippen LogP contribution in [0.1, 0.15) is 32.9 Å². The number of pyridine rings is 1. The molecule has 0 saturated carbocycles. The van der Waals surface area contributed by atoms with Crippen LogP contribution in [-0.4, -0.2) is 36.8 Å². The number of aromatic nitrogens is 1. The van der Waals surface area contributed by atoms with E-state index >= 15 is 0 Å². The first-order valence-electron chi connectivity index (χ1n) is 7.14. The molecule has 106 valence electrons. The third-order valence-electron chi connectivity index (χ3n) is 3.49. The van der Waals surface area contributed by atoms with Gasteiger partial charge in [-0.05, 0) is 38.9 Å². The fourth-order valence-corrected chi connectivity index (χ4v) is 2.46. The van der Waals surface area contributed by atoms with Crippen molar-refractivity contribution in [1.29, 1.82) is 0 Å². The van der Waals surface area contributed by atoms with Gasteiger partial charge in [-0.1, -0.05) is 6.92 Å². The smallest absolute Gasteiger partial charge is 0.0694 e. The van der Waals surface area contributed by atoms with Crippen LogP contribution in [0.2, 0.25) is 0 Å². The Hall–Kier alpha value is -1.13. The second-order valence-electron chi connectivity index (χ2n) is 5.70. The van der Waals surface area contributed by atoms with Gasteiger partial charge >= 0.3 is 0 Å². The van der Waals surface area contributed by atoms with Crippen molar-refractivity contribution in [3.63, 3.8) is 0 Å². The zero-order chi connectivity index (χ0) is 13.7. The molecule has 0 bridgehead atoms. The lowest BCUT2D eigenvalue weighted by Gasteiger charge is -2.43. The average Bonchev–Trinajstić information content (AvgIpc) is 2.39. The van der Waals surface area contributed by atoms with Gasteiger partial charge in [0.25, 0.3) is 0 Å². The molecule has 1 aromatic rings. The highest BCUT2D eigenvalue weighted by molar-refractivity contribution is 5.49. The first kappa shape index (κ1) is 14.3. The summed E-state index contributed by atoms with van der Waals surface area (Å²) in [6, 6.07) is 4.28. The van der Waals surface area contributed by atoms with Crippen LogP contribution < -0.4 is 10.2 Å². The van der Waals surface area contributed by atoms with E-state index in [2.05, 4.69) is 48.1 Å². The van der Waals surface area contributed by atoms with Gasteiger partial charge in [-0.2, -0.15) is 0 Å². The van der Waals surface area contributed by atoms with Crippen molar-refractivity contribution in [2.75, 3.05) is 31.2 Å². The van der Waals surface area contributed by atoms with E-state index in [-0.39, 0.29) is 5.54 Å². The lowest BCUT2D eigenvalue weighted by Crippen LogP contribution is -2.53. The third kappa shape index (κ3) is 3.67. The van der Waals surface area contributed by atoms with E-state index in [0.29, 0.717) is 0 Å². The van der Waals surface area contributed by atoms with Crippen LogP contribution in [0.15, 0.2) is 18.3 Å². The fraction of sp³-hybridized carbons (Fsp3) is 0.667. The van der Waals surface area contributed by atoms with E-state index in [9.17, 15) is 0 Å². The van der Waals surface area contributed by atoms with Crippen molar-refractivity contribution < 1.29 is 4.74 Å². The molecule has 0 unspecified atom stereocenters. The van der Waals surface area contributed by atoms with Crippen molar-refractivity contribution in [3.05, 3.63) is 24.0 Å². The molecule has 1 aliphatic heterocycles. The molecular formula is C15H25N3O. The Morgan fingerprint density at radius 1 is 1.47 bits per heavy atom. The number of nitrogens with zero attached hydrogens (tertiary/aromatic N) is 2. The van der Waals surface area contributed by atoms with Gasteiger partial charge < -0.3 is 15.0 Å². The number of nitrogens with one attached hydrogen (secondary N) is 1. The van der Waals surface area contributed by atoms with E-state index in [1.54, 1.807) is 0 Å². The molecule has 1 saturated heterocycles. The lowest BCUT2D eigenvalue weighted by atomic mass is 10.0. The van der Waals surface area contributed by atoms with Crippen LogP contribution in [0.3, 0.4) is 0 Å². The van der Waals surface area contributed by atoms with E-state index in [1.807, 2.05) is 6.20 Å². The van der Waals surface area contributed by atoms with Gasteiger partial charge in [-0.25, -0.2) is 0 Å². The van der Waals surface area contributed by atoms with Crippen LogP contribution >= 0.6 is 0 Å². The largest absolute Gasteiger partial charge is 0.377 e. The summed E-state index contributed by atoms with van der Waals surface area (Å²) in [6.45, 7) is 11.0. The summed E-state index contributed by atoms with van der Waals surface area (Å²) in [6.07, 6.45) is 3.06. The molecule has 2 rings (SSSR count). The molecule has 1 aliphatic rings. The summed E-state index contributed by atoms with van der Waals surface area (Å²) < 4.78 is 5.58. The predicted molar refractivity (Wildman–Crippen MR) is 78.5 cm³/mol. The topological polar surface area (TPSA) is 37.4 Å². The second kappa shape index (κ2) is 6.35. The first-order chi connectivity index (χ1) is 9.13. The Morgan fingerprint density at radius 3 is 3.05 bits per heavy atom. The minimum absolute atomic E-state index is 0.0493. The minimum atomic E-state index is 0.0493. The second-order valence-corrected chi connectivity index (χ2v) is 5.70. The zero-order valence-electron chi connectivity index (χ0n) is 12.3. The van der Waals surface area contributed by atoms with Gasteiger partial charge in [0, 0.05) is 25.0 Å². The van der Waals surface area contributed by atoms with Gasteiger partial charge in [-0.15, -0.1) is 0 Å². The number of hydrogen-bond acceptors (Lipinski definition) is 4. The Kier molecular flexibility index (Phi) is 4.77. The Morgan fingerprint density at radius 2 is 2.32 bits per heavy atom. The highest BCUT2D eigenvalue weighted by Crippen LogP contribution is 2.26. The summed E-state index contributed by atoms with van der Waals surface area (Å²) in [4.78, 5) is 6.85. The van der Waals surface area contributed by atoms with Crippen molar-refractivity contribution in [2.24, 2.45) is 0 Å². The summed E-state index contributed by atoms with van der Waals surface area (Å²) in [5, 5.41) is 3.40. The predicted octanol–water partition coefficient (Wildman–Crippen LogP) is 2.20. The van der Waals surface area contributed by atoms with Crippen LogP contribution in [0.25, 0.3) is 0 Å². The van der Waals surface area contributed by atoms with Gasteiger partial charge in [-0.3, -0.25) is 4.98 Å². The van der Waals surface area contributed by atoms with Crippen LogP contribution in [0, 0.1) is 0 Å². The van der Waals surface area contributed by atoms with Gasteiger partial charge in [0.05, 0.1) is 24.4 Å². The van der Waals surface area contributed by atoms with Crippen LogP contribution in [-0.2, 0) is 11.3 Å². The Balaban J connectivity index is 2.09. The highest BCUT2D eigenvalue weighted by atomic mass is 16.5. The monoisotopic (exact) mass is 263 g/mol. The molecule has 19 heavy (non-hydrogen) atoms. The summed E-state index contributed by atoms with van der Waals surface area (Å²) in [5.74, 6) is 0. The summed E-state index contributed by atoms with van der Waals surface area (Å²) in [7, 11) is 0. The molecule has 0 radical (unpaired) electrons. The van der Waals surface area contributed by atoms with Crippen molar-refractivity contribution >= 4 is 5.69 Å². The van der Waals surface area contributed by atoms with Crippen molar-refractivity contribution in [1.82, 2.24) is 10.3 Å². The molecule has 0 atom stereocenters. The average molecular weight is 263 g/mol.